The number of carbonyl (C=O) groups is 2. The van der Waals surface area contributed by atoms with Crippen LogP contribution in [0.2, 0.25) is 0 Å². The molecule has 2 aromatic rings. The van der Waals surface area contributed by atoms with E-state index in [-0.39, 0.29) is 17.8 Å². The number of quaternary nitrogens is 1. The monoisotopic (exact) mass is 386 g/mol. The van der Waals surface area contributed by atoms with Gasteiger partial charge in [-0.05, 0) is 39.3 Å². The highest BCUT2D eigenvalue weighted by molar-refractivity contribution is 6.03. The van der Waals surface area contributed by atoms with Crippen molar-refractivity contribution in [1.29, 1.82) is 0 Å². The minimum atomic E-state index is -0.375. The number of aromatic amines is 2. The first kappa shape index (κ1) is 20.1. The highest BCUT2D eigenvalue weighted by atomic mass is 16.5. The zero-order chi connectivity index (χ0) is 20.3. The van der Waals surface area contributed by atoms with Gasteiger partial charge in [-0.2, -0.15) is 0 Å². The van der Waals surface area contributed by atoms with Crippen molar-refractivity contribution in [2.75, 3.05) is 37.7 Å². The largest absolute Gasteiger partial charge is 0.462 e. The molecule has 150 valence electrons. The van der Waals surface area contributed by atoms with E-state index >= 15 is 0 Å². The summed E-state index contributed by atoms with van der Waals surface area (Å²) in [5, 5.41) is 0. The molecule has 0 bridgehead atoms. The van der Waals surface area contributed by atoms with Gasteiger partial charge in [0, 0.05) is 11.8 Å². The average Bonchev–Trinajstić information content (AvgIpc) is 3.02. The molecule has 28 heavy (non-hydrogen) atoms. The number of aryl methyl sites for hydroxylation is 1. The highest BCUT2D eigenvalue weighted by Gasteiger charge is 2.35. The number of hydrogen-bond donors (Lipinski definition) is 2. The van der Waals surface area contributed by atoms with Crippen molar-refractivity contribution in [2.24, 2.45) is 0 Å². The van der Waals surface area contributed by atoms with E-state index < -0.39 is 0 Å². The molecule has 1 aliphatic heterocycles. The molecule has 0 amide bonds. The van der Waals surface area contributed by atoms with Crippen molar-refractivity contribution < 1.29 is 24.2 Å². The fourth-order valence-electron chi connectivity index (χ4n) is 3.96. The standard InChI is InChI=1S/C21H28N4O3/c1-5-28-21(27)18-14(2)19(23-15(18)3)20(26)16(4)24-10-12-25(13-11-24)17-8-6-7-9-22-17/h6-9,16,23H,5,10-13H2,1-4H3/p+2/t16-/m0/s1. The van der Waals surface area contributed by atoms with E-state index in [4.69, 9.17) is 4.74 Å². The number of hydrogen-bond acceptors (Lipinski definition) is 4. The van der Waals surface area contributed by atoms with Gasteiger partial charge in [-0.25, -0.2) is 9.78 Å². The lowest BCUT2D eigenvalue weighted by Crippen LogP contribution is -3.18. The predicted molar refractivity (Wildman–Crippen MR) is 106 cm³/mol. The van der Waals surface area contributed by atoms with Crippen LogP contribution in [0, 0.1) is 13.8 Å². The number of rotatable bonds is 6. The summed E-state index contributed by atoms with van der Waals surface area (Å²) in [6, 6.07) is 5.89. The Morgan fingerprint density at radius 1 is 1.29 bits per heavy atom. The summed E-state index contributed by atoms with van der Waals surface area (Å²) < 4.78 is 5.13. The Bertz CT molecular complexity index is 839. The second-order valence-corrected chi connectivity index (χ2v) is 7.32. The van der Waals surface area contributed by atoms with Crippen LogP contribution in [0.15, 0.2) is 24.4 Å². The molecule has 1 atom stereocenters. The molecule has 3 N–H and O–H groups in total. The van der Waals surface area contributed by atoms with E-state index in [1.165, 1.54) is 4.90 Å². The third-order valence-electron chi connectivity index (χ3n) is 5.61. The van der Waals surface area contributed by atoms with E-state index in [1.54, 1.807) is 6.92 Å². The summed E-state index contributed by atoms with van der Waals surface area (Å²) >= 11 is 0. The summed E-state index contributed by atoms with van der Waals surface area (Å²) in [4.78, 5) is 35.3. The Hall–Kier alpha value is -2.67. The number of ether oxygens (including phenoxy) is 1. The number of aromatic nitrogens is 2. The number of ketones is 1. The number of H-pyrrole nitrogens is 2. The number of anilines is 1. The van der Waals surface area contributed by atoms with Gasteiger partial charge in [0.1, 0.15) is 26.2 Å². The fourth-order valence-corrected chi connectivity index (χ4v) is 3.96. The maximum atomic E-state index is 13.1. The minimum absolute atomic E-state index is 0.0471. The van der Waals surface area contributed by atoms with Crippen molar-refractivity contribution in [2.45, 2.75) is 33.7 Å². The lowest BCUT2D eigenvalue weighted by molar-refractivity contribution is -0.914. The van der Waals surface area contributed by atoms with E-state index in [9.17, 15) is 9.59 Å². The topological polar surface area (TPSA) is 81.0 Å². The zero-order valence-electron chi connectivity index (χ0n) is 17.1. The van der Waals surface area contributed by atoms with Crippen LogP contribution in [0.4, 0.5) is 5.82 Å². The Balaban J connectivity index is 1.69. The van der Waals surface area contributed by atoms with E-state index in [2.05, 4.69) is 20.9 Å². The van der Waals surface area contributed by atoms with Gasteiger partial charge >= 0.3 is 5.97 Å². The first-order valence-electron chi connectivity index (χ1n) is 9.90. The molecule has 1 fully saturated rings. The molecule has 3 heterocycles. The number of nitrogens with one attached hydrogen (secondary N) is 3. The second kappa shape index (κ2) is 8.56. The van der Waals surface area contributed by atoms with Gasteiger partial charge in [-0.3, -0.25) is 9.69 Å². The molecule has 7 nitrogen and oxygen atoms in total. The quantitative estimate of drug-likeness (QED) is 0.563. The van der Waals surface area contributed by atoms with Crippen molar-refractivity contribution in [3.8, 4) is 0 Å². The molecule has 7 heteroatoms. The summed E-state index contributed by atoms with van der Waals surface area (Å²) in [6.45, 7) is 11.3. The zero-order valence-corrected chi connectivity index (χ0v) is 17.1. The molecule has 1 aliphatic rings. The number of esters is 1. The van der Waals surface area contributed by atoms with Gasteiger partial charge in [0.05, 0.1) is 24.1 Å². The van der Waals surface area contributed by atoms with E-state index in [0.717, 1.165) is 32.0 Å². The molecule has 3 rings (SSSR count). The summed E-state index contributed by atoms with van der Waals surface area (Å²) in [5.41, 5.74) is 2.38. The third kappa shape index (κ3) is 3.94. The molecule has 1 saturated heterocycles. The molecule has 0 spiro atoms. The summed E-state index contributed by atoms with van der Waals surface area (Å²) in [6.07, 6.45) is 1.93. The Labute approximate surface area is 165 Å². The normalized spacial score (nSPS) is 16.1. The molecule has 0 radical (unpaired) electrons. The second-order valence-electron chi connectivity index (χ2n) is 7.32. The van der Waals surface area contributed by atoms with Crippen molar-refractivity contribution in [1.82, 2.24) is 4.98 Å². The molecule has 0 aromatic carbocycles. The van der Waals surface area contributed by atoms with Crippen LogP contribution in [-0.2, 0) is 4.74 Å². The number of pyridine rings is 1. The van der Waals surface area contributed by atoms with Crippen LogP contribution < -0.4 is 14.8 Å². The van der Waals surface area contributed by atoms with Gasteiger partial charge in [-0.15, -0.1) is 0 Å². The van der Waals surface area contributed by atoms with Crippen molar-refractivity contribution in [3.05, 3.63) is 46.9 Å². The lowest BCUT2D eigenvalue weighted by Gasteiger charge is -2.31. The Morgan fingerprint density at radius 2 is 2.00 bits per heavy atom. The van der Waals surface area contributed by atoms with Gasteiger partial charge < -0.3 is 14.6 Å². The van der Waals surface area contributed by atoms with Crippen LogP contribution in [0.1, 0.15) is 46.0 Å². The molecule has 2 aromatic heterocycles. The number of piperazine rings is 1. The van der Waals surface area contributed by atoms with Crippen LogP contribution in [-0.4, -0.2) is 55.6 Å². The average molecular weight is 386 g/mol. The maximum absolute atomic E-state index is 13.1. The number of nitrogens with zero attached hydrogens (tertiary/aromatic N) is 1. The summed E-state index contributed by atoms with van der Waals surface area (Å²) in [7, 11) is 0. The maximum Gasteiger partial charge on any atom is 0.340 e. The minimum Gasteiger partial charge on any atom is -0.462 e. The Kier molecular flexibility index (Phi) is 6.14. The summed E-state index contributed by atoms with van der Waals surface area (Å²) in [5.74, 6) is 0.779. The van der Waals surface area contributed by atoms with Gasteiger partial charge in [0.25, 0.3) is 5.82 Å². The van der Waals surface area contributed by atoms with E-state index in [1.807, 2.05) is 39.1 Å². The van der Waals surface area contributed by atoms with Gasteiger partial charge in [0.2, 0.25) is 5.78 Å². The van der Waals surface area contributed by atoms with Gasteiger partial charge in [-0.1, -0.05) is 6.07 Å². The van der Waals surface area contributed by atoms with Crippen molar-refractivity contribution >= 4 is 17.6 Å². The molecular weight excluding hydrogens is 356 g/mol. The smallest absolute Gasteiger partial charge is 0.340 e. The molecule has 0 saturated carbocycles. The first-order chi connectivity index (χ1) is 13.4. The van der Waals surface area contributed by atoms with Crippen LogP contribution in [0.5, 0.6) is 0 Å². The third-order valence-corrected chi connectivity index (χ3v) is 5.61. The molecule has 0 aliphatic carbocycles. The Morgan fingerprint density at radius 3 is 2.61 bits per heavy atom. The number of carbonyl (C=O) groups excluding carboxylic acids is 2. The molecular formula is C21H30N4O3+2. The molecule has 0 unspecified atom stereocenters. The van der Waals surface area contributed by atoms with Crippen LogP contribution in [0.25, 0.3) is 0 Å². The van der Waals surface area contributed by atoms with E-state index in [0.29, 0.717) is 29.1 Å². The first-order valence-corrected chi connectivity index (χ1v) is 9.90. The van der Waals surface area contributed by atoms with Crippen LogP contribution >= 0.6 is 0 Å². The highest BCUT2D eigenvalue weighted by Crippen LogP contribution is 2.20. The van der Waals surface area contributed by atoms with Crippen molar-refractivity contribution in [3.63, 3.8) is 0 Å². The fraction of sp³-hybridized carbons (Fsp3) is 0.476. The predicted octanol–water partition coefficient (Wildman–Crippen LogP) is 0.599. The van der Waals surface area contributed by atoms with Crippen LogP contribution in [0.3, 0.4) is 0 Å². The SMILES string of the molecule is CCOC(=O)c1c(C)[nH]c(C(=O)[C@H](C)[NH+]2CCN(c3cccc[nH+]3)CC2)c1C. The van der Waals surface area contributed by atoms with Gasteiger partial charge in [0.15, 0.2) is 6.04 Å². The lowest BCUT2D eigenvalue weighted by atomic mass is 10.0. The number of Topliss-reactive ketones (excluding diaryl/α,β-unsaturated/α-hetero) is 1.